The fourth-order valence-electron chi connectivity index (χ4n) is 2.30. The number of nitrogens with zero attached hydrogens (tertiary/aromatic N) is 3. The molecule has 6 nitrogen and oxygen atoms in total. The van der Waals surface area contributed by atoms with E-state index in [2.05, 4.69) is 20.1 Å². The van der Waals surface area contributed by atoms with Gasteiger partial charge in [0.25, 0.3) is 0 Å². The molecule has 0 aromatic carbocycles. The maximum absolute atomic E-state index is 11.1. The van der Waals surface area contributed by atoms with Crippen molar-refractivity contribution in [1.82, 2.24) is 20.1 Å². The molecule has 0 aliphatic heterocycles. The monoisotopic (exact) mass is 296 g/mol. The number of thioether (sulfide) groups is 1. The van der Waals surface area contributed by atoms with Crippen molar-refractivity contribution in [3.63, 3.8) is 0 Å². The van der Waals surface area contributed by atoms with Crippen LogP contribution in [-0.2, 0) is 4.79 Å². The van der Waals surface area contributed by atoms with Crippen LogP contribution in [0.3, 0.4) is 0 Å². The van der Waals surface area contributed by atoms with Crippen molar-refractivity contribution in [3.05, 3.63) is 5.82 Å². The normalized spacial score (nSPS) is 20.1. The molecule has 0 amide bonds. The summed E-state index contributed by atoms with van der Waals surface area (Å²) in [5.41, 5.74) is 0. The molecule has 20 heavy (non-hydrogen) atoms. The topological polar surface area (TPSA) is 80.0 Å². The van der Waals surface area contributed by atoms with Gasteiger partial charge in [-0.3, -0.25) is 4.79 Å². The standard InChI is InChI=1S/C13H20N4O2S/c1-2-14-10(12(18)19)7-20-13-16-15-11(8-3-4-8)17(13)9-5-6-9/h8-10,14H,2-7H2,1H3,(H,18,19). The quantitative estimate of drug-likeness (QED) is 0.710. The lowest BCUT2D eigenvalue weighted by molar-refractivity contribution is -0.138. The van der Waals surface area contributed by atoms with E-state index in [1.54, 1.807) is 0 Å². The summed E-state index contributed by atoms with van der Waals surface area (Å²) in [6, 6.07) is 0.0178. The molecular formula is C13H20N4O2S. The Kier molecular flexibility index (Phi) is 3.98. The Morgan fingerprint density at radius 2 is 2.20 bits per heavy atom. The molecule has 0 saturated heterocycles. The lowest BCUT2D eigenvalue weighted by atomic mass is 10.3. The van der Waals surface area contributed by atoms with E-state index >= 15 is 0 Å². The summed E-state index contributed by atoms with van der Waals surface area (Å²) >= 11 is 1.50. The van der Waals surface area contributed by atoms with Crippen molar-refractivity contribution in [2.75, 3.05) is 12.3 Å². The zero-order valence-corrected chi connectivity index (χ0v) is 12.4. The second-order valence-electron chi connectivity index (χ2n) is 5.48. The van der Waals surface area contributed by atoms with Gasteiger partial charge in [0.15, 0.2) is 5.16 Å². The molecule has 1 aromatic rings. The number of likely N-dealkylation sites (N-methyl/N-ethyl adjacent to an activating group) is 1. The van der Waals surface area contributed by atoms with E-state index in [1.807, 2.05) is 6.92 Å². The highest BCUT2D eigenvalue weighted by atomic mass is 32.2. The lowest BCUT2D eigenvalue weighted by Gasteiger charge is -2.13. The molecule has 110 valence electrons. The Balaban J connectivity index is 1.69. The third-order valence-corrected chi connectivity index (χ3v) is 4.71. The average Bonchev–Trinajstić information content (AvgIpc) is 3.33. The molecule has 3 rings (SSSR count). The highest BCUT2D eigenvalue weighted by molar-refractivity contribution is 7.99. The maximum Gasteiger partial charge on any atom is 0.321 e. The number of rotatable bonds is 8. The summed E-state index contributed by atoms with van der Waals surface area (Å²) in [5.74, 6) is 1.38. The predicted molar refractivity (Wildman–Crippen MR) is 76.1 cm³/mol. The van der Waals surface area contributed by atoms with Crippen molar-refractivity contribution < 1.29 is 9.90 Å². The minimum Gasteiger partial charge on any atom is -0.480 e. The average molecular weight is 296 g/mol. The first kappa shape index (κ1) is 13.9. The Bertz CT molecular complexity index is 497. The van der Waals surface area contributed by atoms with Crippen LogP contribution < -0.4 is 5.32 Å². The van der Waals surface area contributed by atoms with Gasteiger partial charge >= 0.3 is 5.97 Å². The number of hydrogen-bond donors (Lipinski definition) is 2. The number of hydrogen-bond acceptors (Lipinski definition) is 5. The highest BCUT2D eigenvalue weighted by Gasteiger charge is 2.36. The van der Waals surface area contributed by atoms with Crippen molar-refractivity contribution in [3.8, 4) is 0 Å². The second kappa shape index (κ2) is 5.73. The van der Waals surface area contributed by atoms with Crippen molar-refractivity contribution in [2.24, 2.45) is 0 Å². The van der Waals surface area contributed by atoms with Gasteiger partial charge in [-0.1, -0.05) is 18.7 Å². The summed E-state index contributed by atoms with van der Waals surface area (Å²) < 4.78 is 2.26. The van der Waals surface area contributed by atoms with E-state index in [0.29, 0.717) is 24.3 Å². The largest absolute Gasteiger partial charge is 0.480 e. The molecular weight excluding hydrogens is 276 g/mol. The fraction of sp³-hybridized carbons (Fsp3) is 0.769. The molecule has 0 bridgehead atoms. The van der Waals surface area contributed by atoms with Crippen LogP contribution in [0.1, 0.15) is 50.4 Å². The predicted octanol–water partition coefficient (Wildman–Crippen LogP) is 1.65. The maximum atomic E-state index is 11.1. The van der Waals surface area contributed by atoms with Crippen LogP contribution in [0, 0.1) is 0 Å². The molecule has 7 heteroatoms. The molecule has 1 atom stereocenters. The van der Waals surface area contributed by atoms with Crippen LogP contribution in [0.2, 0.25) is 0 Å². The van der Waals surface area contributed by atoms with Gasteiger partial charge in [-0.25, -0.2) is 0 Å². The van der Waals surface area contributed by atoms with Crippen LogP contribution in [0.4, 0.5) is 0 Å². The smallest absolute Gasteiger partial charge is 0.321 e. The first-order valence-electron chi connectivity index (χ1n) is 7.24. The zero-order valence-electron chi connectivity index (χ0n) is 11.6. The minimum absolute atomic E-state index is 0.485. The van der Waals surface area contributed by atoms with Crippen LogP contribution in [0.5, 0.6) is 0 Å². The van der Waals surface area contributed by atoms with Crippen LogP contribution >= 0.6 is 11.8 Å². The Hall–Kier alpha value is -1.08. The van der Waals surface area contributed by atoms with E-state index in [1.165, 1.54) is 37.4 Å². The molecule has 0 spiro atoms. The third-order valence-electron chi connectivity index (χ3n) is 3.67. The summed E-state index contributed by atoms with van der Waals surface area (Å²) in [6.45, 7) is 2.57. The van der Waals surface area contributed by atoms with Gasteiger partial charge in [0, 0.05) is 17.7 Å². The molecule has 2 saturated carbocycles. The van der Waals surface area contributed by atoms with E-state index in [4.69, 9.17) is 5.11 Å². The number of carbonyl (C=O) groups is 1. The summed E-state index contributed by atoms with van der Waals surface area (Å²) in [6.07, 6.45) is 4.82. The third kappa shape index (κ3) is 2.98. The second-order valence-corrected chi connectivity index (χ2v) is 6.46. The van der Waals surface area contributed by atoms with E-state index in [-0.39, 0.29) is 0 Å². The van der Waals surface area contributed by atoms with Gasteiger partial charge in [0.2, 0.25) is 0 Å². The minimum atomic E-state index is -0.806. The lowest BCUT2D eigenvalue weighted by Crippen LogP contribution is -2.38. The number of carboxylic acid groups (broad SMARTS) is 1. The number of aromatic nitrogens is 3. The van der Waals surface area contributed by atoms with Gasteiger partial charge in [-0.2, -0.15) is 0 Å². The Morgan fingerprint density at radius 3 is 2.75 bits per heavy atom. The Labute approximate surface area is 122 Å². The van der Waals surface area contributed by atoms with Crippen LogP contribution in [-0.4, -0.2) is 44.2 Å². The van der Waals surface area contributed by atoms with E-state index in [9.17, 15) is 4.79 Å². The molecule has 2 N–H and O–H groups in total. The van der Waals surface area contributed by atoms with E-state index in [0.717, 1.165) is 11.0 Å². The van der Waals surface area contributed by atoms with Gasteiger partial charge in [0.05, 0.1) is 0 Å². The van der Waals surface area contributed by atoms with Gasteiger partial charge in [-0.15, -0.1) is 10.2 Å². The van der Waals surface area contributed by atoms with Gasteiger partial charge in [0.1, 0.15) is 11.9 Å². The Morgan fingerprint density at radius 1 is 1.45 bits per heavy atom. The first-order valence-corrected chi connectivity index (χ1v) is 8.23. The van der Waals surface area contributed by atoms with E-state index < -0.39 is 12.0 Å². The molecule has 2 fully saturated rings. The SMILES string of the molecule is CCNC(CSc1nnc(C2CC2)n1C1CC1)C(=O)O. The summed E-state index contributed by atoms with van der Waals surface area (Å²) in [4.78, 5) is 11.1. The van der Waals surface area contributed by atoms with Crippen LogP contribution in [0.15, 0.2) is 5.16 Å². The van der Waals surface area contributed by atoms with Crippen molar-refractivity contribution >= 4 is 17.7 Å². The molecule has 1 aromatic heterocycles. The molecule has 1 unspecified atom stereocenters. The fourth-order valence-corrected chi connectivity index (χ4v) is 3.36. The van der Waals surface area contributed by atoms with Gasteiger partial charge < -0.3 is 15.0 Å². The summed E-state index contributed by atoms with van der Waals surface area (Å²) in [7, 11) is 0. The summed E-state index contributed by atoms with van der Waals surface area (Å²) in [5, 5.41) is 21.6. The number of carboxylic acids is 1. The highest BCUT2D eigenvalue weighted by Crippen LogP contribution is 2.45. The molecule has 1 heterocycles. The molecule has 2 aliphatic rings. The number of nitrogens with one attached hydrogen (secondary N) is 1. The van der Waals surface area contributed by atoms with Gasteiger partial charge in [-0.05, 0) is 32.2 Å². The molecule has 0 radical (unpaired) electrons. The van der Waals surface area contributed by atoms with Crippen LogP contribution in [0.25, 0.3) is 0 Å². The number of aliphatic carboxylic acids is 1. The first-order chi connectivity index (χ1) is 9.70. The molecule has 2 aliphatic carbocycles. The zero-order chi connectivity index (χ0) is 14.1. The van der Waals surface area contributed by atoms with Crippen molar-refractivity contribution in [2.45, 2.75) is 55.8 Å². The van der Waals surface area contributed by atoms with Crippen molar-refractivity contribution in [1.29, 1.82) is 0 Å².